The molecule has 1 saturated carbocycles. The van der Waals surface area contributed by atoms with Crippen LogP contribution in [0.4, 0.5) is 4.79 Å². The highest BCUT2D eigenvalue weighted by Crippen LogP contribution is 2.47. The zero-order valence-electron chi connectivity index (χ0n) is 19.9. The number of hydrogen-bond acceptors (Lipinski definition) is 6. The number of aromatic nitrogens is 1. The Hall–Kier alpha value is -3.31. The summed E-state index contributed by atoms with van der Waals surface area (Å²) in [7, 11) is -4.70. The Morgan fingerprint density at radius 2 is 1.70 bits per heavy atom. The minimum atomic E-state index is -4.70. The van der Waals surface area contributed by atoms with Gasteiger partial charge in [0.05, 0.1) is 11.9 Å². The predicted molar refractivity (Wildman–Crippen MR) is 132 cm³/mol. The van der Waals surface area contributed by atoms with Crippen LogP contribution in [-0.4, -0.2) is 97.7 Å². The van der Waals surface area contributed by atoms with Crippen molar-refractivity contribution in [1.82, 2.24) is 20.1 Å². The van der Waals surface area contributed by atoms with Crippen LogP contribution in [0.5, 0.6) is 0 Å². The van der Waals surface area contributed by atoms with Crippen LogP contribution in [-0.2, 0) is 9.36 Å². The van der Waals surface area contributed by atoms with E-state index >= 15 is 0 Å². The molecule has 0 bridgehead atoms. The second-order valence-electron chi connectivity index (χ2n) is 9.29. The van der Waals surface area contributed by atoms with Crippen molar-refractivity contribution >= 4 is 25.5 Å². The number of carbonyl (C=O) groups excluding carboxylic acids is 2. The molecule has 2 fully saturated rings. The van der Waals surface area contributed by atoms with Crippen molar-refractivity contribution in [3.05, 3.63) is 53.7 Å². The van der Waals surface area contributed by atoms with Gasteiger partial charge in [0.2, 0.25) is 5.91 Å². The van der Waals surface area contributed by atoms with Gasteiger partial charge >= 0.3 is 13.7 Å². The molecule has 198 valence electrons. The lowest BCUT2D eigenvalue weighted by atomic mass is 10.0. The molecule has 2 heterocycles. The van der Waals surface area contributed by atoms with E-state index < -0.39 is 37.7 Å². The number of carbonyl (C=O) groups is 3. The van der Waals surface area contributed by atoms with Crippen LogP contribution in [0, 0.1) is 5.92 Å². The molecule has 5 N–H and O–H groups in total. The van der Waals surface area contributed by atoms with Crippen LogP contribution in [0.1, 0.15) is 28.4 Å². The van der Waals surface area contributed by atoms with Crippen LogP contribution in [0.2, 0.25) is 0 Å². The van der Waals surface area contributed by atoms with E-state index in [9.17, 15) is 33.8 Å². The van der Waals surface area contributed by atoms with Gasteiger partial charge in [-0.05, 0) is 36.0 Å². The first-order chi connectivity index (χ1) is 17.6. The van der Waals surface area contributed by atoms with Crippen molar-refractivity contribution in [3.8, 4) is 11.3 Å². The maximum atomic E-state index is 13.3. The Balaban J connectivity index is 1.58. The lowest BCUT2D eigenvalue weighted by Gasteiger charge is -2.35. The largest absolute Gasteiger partial charge is 0.465 e. The van der Waals surface area contributed by atoms with Gasteiger partial charge < -0.3 is 35.1 Å². The van der Waals surface area contributed by atoms with Crippen molar-refractivity contribution < 1.29 is 38.9 Å². The molecular formula is C24H29N4O8P. The molecule has 2 aromatic rings. The van der Waals surface area contributed by atoms with E-state index in [-0.39, 0.29) is 50.3 Å². The Bertz CT molecular complexity index is 1210. The third-order valence-corrected chi connectivity index (χ3v) is 7.46. The number of carboxylic acid groups (broad SMARTS) is 1. The van der Waals surface area contributed by atoms with Crippen molar-refractivity contribution in [2.24, 2.45) is 5.92 Å². The zero-order valence-corrected chi connectivity index (χ0v) is 20.8. The number of hydrogen-bond donors (Lipinski definition) is 5. The molecule has 12 nitrogen and oxygen atoms in total. The van der Waals surface area contributed by atoms with Crippen molar-refractivity contribution in [2.75, 3.05) is 38.9 Å². The third-order valence-electron chi connectivity index (χ3n) is 6.62. The number of aliphatic hydroxyl groups excluding tert-OH is 1. The maximum absolute atomic E-state index is 13.3. The molecule has 37 heavy (non-hydrogen) atoms. The Kier molecular flexibility index (Phi) is 7.93. The van der Waals surface area contributed by atoms with E-state index in [1.54, 1.807) is 6.07 Å². The standard InChI is InChI=1S/C24H29N4O8P/c29-13-17-10-18(17)16-11-19(15-4-2-1-3-5-15)25-20(12-16)22(30)26-21(14-37(34,35)36)23(31)27-6-8-28(9-7-27)24(32)33/h1-5,11-12,17-18,21,29H,6-10,13-14H2,(H,26,30)(H,32,33)(H2,34,35,36)/t17-,18-,21+/m1/s1. The molecule has 0 spiro atoms. The van der Waals surface area contributed by atoms with E-state index in [0.29, 0.717) is 5.69 Å². The normalized spacial score (nSPS) is 20.3. The topological polar surface area (TPSA) is 181 Å². The highest BCUT2D eigenvalue weighted by Gasteiger charge is 2.39. The van der Waals surface area contributed by atoms with Crippen molar-refractivity contribution in [3.63, 3.8) is 0 Å². The molecule has 1 aromatic carbocycles. The Labute approximate surface area is 213 Å². The number of amides is 3. The summed E-state index contributed by atoms with van der Waals surface area (Å²) in [6.45, 7) is 0.191. The average Bonchev–Trinajstić information content (AvgIpc) is 3.67. The zero-order chi connectivity index (χ0) is 26.7. The molecule has 4 rings (SSSR count). The molecule has 1 aliphatic carbocycles. The van der Waals surface area contributed by atoms with Crippen molar-refractivity contribution in [1.29, 1.82) is 0 Å². The first-order valence-electron chi connectivity index (χ1n) is 11.9. The minimum absolute atomic E-state index is 0.0147. The van der Waals surface area contributed by atoms with E-state index in [2.05, 4.69) is 10.3 Å². The van der Waals surface area contributed by atoms with Gasteiger partial charge in [-0.2, -0.15) is 0 Å². The van der Waals surface area contributed by atoms with E-state index in [4.69, 9.17) is 5.11 Å². The SMILES string of the molecule is O=C(N[C@@H](CP(=O)(O)O)C(=O)N1CCN(C(=O)O)CC1)c1cc([C@H]2C[C@@H]2CO)cc(-c2ccccc2)n1. The number of nitrogens with one attached hydrogen (secondary N) is 1. The van der Waals surface area contributed by atoms with Gasteiger partial charge in [-0.25, -0.2) is 9.78 Å². The fraction of sp³-hybridized carbons (Fsp3) is 0.417. The lowest BCUT2D eigenvalue weighted by molar-refractivity contribution is -0.134. The summed E-state index contributed by atoms with van der Waals surface area (Å²) in [5.74, 6) is -1.34. The summed E-state index contributed by atoms with van der Waals surface area (Å²) in [5.41, 5.74) is 2.08. The number of pyridine rings is 1. The fourth-order valence-corrected chi connectivity index (χ4v) is 5.21. The molecular weight excluding hydrogens is 503 g/mol. The molecule has 13 heteroatoms. The van der Waals surface area contributed by atoms with E-state index in [1.807, 2.05) is 36.4 Å². The quantitative estimate of drug-likeness (QED) is 0.309. The van der Waals surface area contributed by atoms with E-state index in [0.717, 1.165) is 22.4 Å². The summed E-state index contributed by atoms with van der Waals surface area (Å²) in [6.07, 6.45) is -1.26. The summed E-state index contributed by atoms with van der Waals surface area (Å²) in [4.78, 5) is 63.6. The maximum Gasteiger partial charge on any atom is 0.407 e. The van der Waals surface area contributed by atoms with E-state index in [1.165, 1.54) is 4.90 Å². The van der Waals surface area contributed by atoms with Crippen LogP contribution < -0.4 is 5.32 Å². The van der Waals surface area contributed by atoms with Gasteiger partial charge in [0, 0.05) is 38.3 Å². The summed E-state index contributed by atoms with van der Waals surface area (Å²) < 4.78 is 11.8. The highest BCUT2D eigenvalue weighted by atomic mass is 31.2. The fourth-order valence-electron chi connectivity index (χ4n) is 4.49. The number of nitrogens with zero attached hydrogens (tertiary/aromatic N) is 3. The lowest BCUT2D eigenvalue weighted by Crippen LogP contribution is -2.56. The molecule has 0 unspecified atom stereocenters. The molecule has 2 aliphatic rings. The molecule has 3 amide bonds. The number of piperazine rings is 1. The predicted octanol–water partition coefficient (Wildman–Crippen LogP) is 0.943. The van der Waals surface area contributed by atoms with Crippen molar-refractivity contribution in [2.45, 2.75) is 18.4 Å². The van der Waals surface area contributed by atoms with Crippen LogP contribution >= 0.6 is 7.60 Å². The molecule has 1 aromatic heterocycles. The second-order valence-corrected chi connectivity index (χ2v) is 11.0. The summed E-state index contributed by atoms with van der Waals surface area (Å²) in [6, 6.07) is 11.1. The first-order valence-corrected chi connectivity index (χ1v) is 13.7. The second kappa shape index (κ2) is 11.0. The number of rotatable bonds is 8. The average molecular weight is 532 g/mol. The highest BCUT2D eigenvalue weighted by molar-refractivity contribution is 7.51. The Morgan fingerprint density at radius 3 is 2.27 bits per heavy atom. The summed E-state index contributed by atoms with van der Waals surface area (Å²) >= 11 is 0. The van der Waals surface area contributed by atoms with Gasteiger partial charge in [-0.3, -0.25) is 14.2 Å². The molecule has 1 saturated heterocycles. The minimum Gasteiger partial charge on any atom is -0.465 e. The third kappa shape index (κ3) is 6.72. The molecule has 0 radical (unpaired) electrons. The van der Waals surface area contributed by atoms with Crippen LogP contribution in [0.25, 0.3) is 11.3 Å². The summed E-state index contributed by atoms with van der Waals surface area (Å²) in [5, 5.41) is 21.1. The smallest absolute Gasteiger partial charge is 0.407 e. The van der Waals surface area contributed by atoms with Gasteiger partial charge in [-0.1, -0.05) is 30.3 Å². The van der Waals surface area contributed by atoms with Crippen LogP contribution in [0.3, 0.4) is 0 Å². The molecule has 1 aliphatic heterocycles. The number of aliphatic hydroxyl groups is 1. The first kappa shape index (κ1) is 26.7. The number of benzene rings is 1. The molecule has 3 atom stereocenters. The van der Waals surface area contributed by atoms with Gasteiger partial charge in [0.15, 0.2) is 0 Å². The Morgan fingerprint density at radius 1 is 1.05 bits per heavy atom. The monoisotopic (exact) mass is 532 g/mol. The van der Waals surface area contributed by atoms with Gasteiger partial charge in [0.1, 0.15) is 11.7 Å². The van der Waals surface area contributed by atoms with Gasteiger partial charge in [0.25, 0.3) is 5.91 Å². The van der Waals surface area contributed by atoms with Gasteiger partial charge in [-0.15, -0.1) is 0 Å². The van der Waals surface area contributed by atoms with Crippen LogP contribution in [0.15, 0.2) is 42.5 Å².